The first-order valence-electron chi connectivity index (χ1n) is 7.07. The molecule has 0 aromatic heterocycles. The van der Waals surface area contributed by atoms with Gasteiger partial charge in [-0.1, -0.05) is 32.6 Å². The van der Waals surface area contributed by atoms with Gasteiger partial charge in [0.2, 0.25) is 0 Å². The van der Waals surface area contributed by atoms with Crippen LogP contribution in [0.2, 0.25) is 0 Å². The van der Waals surface area contributed by atoms with Crippen molar-refractivity contribution in [1.82, 2.24) is 0 Å². The summed E-state index contributed by atoms with van der Waals surface area (Å²) in [6.45, 7) is 7.59. The van der Waals surface area contributed by atoms with Crippen LogP contribution in [0.4, 0.5) is 0 Å². The molecule has 0 aliphatic rings. The Morgan fingerprint density at radius 3 is 2.50 bits per heavy atom. The molecule has 2 nitrogen and oxygen atoms in total. The van der Waals surface area contributed by atoms with Gasteiger partial charge in [0.15, 0.2) is 0 Å². The van der Waals surface area contributed by atoms with Gasteiger partial charge >= 0.3 is 0 Å². The minimum absolute atomic E-state index is 0.112. The first-order chi connectivity index (χ1) is 9.63. The zero-order valence-electron chi connectivity index (χ0n) is 12.6. The molecule has 110 valence electrons. The van der Waals surface area contributed by atoms with Crippen molar-refractivity contribution < 1.29 is 9.84 Å². The van der Waals surface area contributed by atoms with E-state index in [9.17, 15) is 0 Å². The zero-order chi connectivity index (χ0) is 14.8. The molecule has 1 rings (SSSR count). The molecule has 20 heavy (non-hydrogen) atoms. The normalized spacial score (nSPS) is 11.8. The Kier molecular flexibility index (Phi) is 8.25. The second-order valence-electron chi connectivity index (χ2n) is 4.97. The van der Waals surface area contributed by atoms with Crippen LogP contribution in [0.5, 0.6) is 5.75 Å². The van der Waals surface area contributed by atoms with Crippen LogP contribution < -0.4 is 4.74 Å². The van der Waals surface area contributed by atoms with E-state index in [0.29, 0.717) is 17.6 Å². The Bertz CT molecular complexity index is 429. The number of rotatable bonds is 7. The predicted octanol–water partition coefficient (Wildman–Crippen LogP) is 3.58. The lowest BCUT2D eigenvalue weighted by molar-refractivity contribution is 0.305. The lowest BCUT2D eigenvalue weighted by Gasteiger charge is -2.14. The Balaban J connectivity index is 2.30. The molecular formula is C17H24O2S. The molecule has 0 aliphatic heterocycles. The van der Waals surface area contributed by atoms with Crippen LogP contribution in [0.15, 0.2) is 24.3 Å². The average Bonchev–Trinajstić information content (AvgIpc) is 2.45. The molecule has 0 spiro atoms. The minimum atomic E-state index is 0.112. The van der Waals surface area contributed by atoms with E-state index in [1.54, 1.807) is 0 Å². The lowest BCUT2D eigenvalue weighted by Crippen LogP contribution is -2.09. The van der Waals surface area contributed by atoms with Crippen molar-refractivity contribution >= 4 is 11.8 Å². The fourth-order valence-corrected chi connectivity index (χ4v) is 2.38. The molecule has 1 unspecified atom stereocenters. The predicted molar refractivity (Wildman–Crippen MR) is 87.3 cm³/mol. The number of aliphatic hydroxyl groups excluding tert-OH is 1. The Morgan fingerprint density at radius 2 is 1.90 bits per heavy atom. The number of thioether (sulfide) groups is 1. The maximum Gasteiger partial charge on any atom is 0.119 e. The fraction of sp³-hybridized carbons (Fsp3) is 0.529. The molecular weight excluding hydrogens is 268 g/mol. The van der Waals surface area contributed by atoms with Crippen molar-refractivity contribution in [2.24, 2.45) is 5.92 Å². The molecule has 0 heterocycles. The van der Waals surface area contributed by atoms with E-state index in [1.165, 1.54) is 0 Å². The lowest BCUT2D eigenvalue weighted by atomic mass is 10.2. The molecule has 0 amide bonds. The highest BCUT2D eigenvalue weighted by molar-refractivity contribution is 7.99. The summed E-state index contributed by atoms with van der Waals surface area (Å²) in [5.41, 5.74) is 0.952. The van der Waals surface area contributed by atoms with Crippen LogP contribution in [0, 0.1) is 17.8 Å². The number of ether oxygens (including phenoxy) is 1. The fourth-order valence-electron chi connectivity index (χ4n) is 1.44. The molecule has 0 bridgehead atoms. The Hall–Kier alpha value is -1.11. The molecule has 1 aromatic carbocycles. The summed E-state index contributed by atoms with van der Waals surface area (Å²) in [7, 11) is 0. The van der Waals surface area contributed by atoms with Gasteiger partial charge in [-0.05, 0) is 30.2 Å². The van der Waals surface area contributed by atoms with Crippen LogP contribution in [-0.4, -0.2) is 29.3 Å². The summed E-state index contributed by atoms with van der Waals surface area (Å²) in [4.78, 5) is 0. The largest absolute Gasteiger partial charge is 0.493 e. The maximum absolute atomic E-state index is 8.66. The maximum atomic E-state index is 8.66. The molecule has 0 saturated carbocycles. The molecule has 1 aromatic rings. The van der Waals surface area contributed by atoms with Crippen LogP contribution in [0.3, 0.4) is 0 Å². The van der Waals surface area contributed by atoms with Crippen molar-refractivity contribution in [3.8, 4) is 17.6 Å². The van der Waals surface area contributed by atoms with Gasteiger partial charge in [0.1, 0.15) is 5.75 Å². The first-order valence-corrected chi connectivity index (χ1v) is 8.12. The van der Waals surface area contributed by atoms with E-state index in [0.717, 1.165) is 23.7 Å². The van der Waals surface area contributed by atoms with E-state index in [-0.39, 0.29) is 6.61 Å². The number of hydrogen-bond donors (Lipinski definition) is 1. The summed E-state index contributed by atoms with van der Waals surface area (Å²) in [5, 5.41) is 9.33. The molecule has 0 fully saturated rings. The van der Waals surface area contributed by atoms with Crippen LogP contribution in [0.25, 0.3) is 0 Å². The van der Waals surface area contributed by atoms with E-state index < -0.39 is 0 Å². The van der Waals surface area contributed by atoms with Crippen molar-refractivity contribution in [2.45, 2.75) is 32.4 Å². The topological polar surface area (TPSA) is 29.5 Å². The van der Waals surface area contributed by atoms with Crippen molar-refractivity contribution in [3.05, 3.63) is 29.8 Å². The standard InChI is InChI=1S/C17H24O2S/c1-14(2)15(3)20-13-12-19-17-9-7-16(8-10-17)6-4-5-11-18/h7-10,14-15,18H,5,11-13H2,1-3H3. The van der Waals surface area contributed by atoms with Gasteiger partial charge in [0.05, 0.1) is 13.2 Å². The van der Waals surface area contributed by atoms with Crippen LogP contribution >= 0.6 is 11.8 Å². The SMILES string of the molecule is CC(C)C(C)SCCOc1ccc(C#CCCO)cc1. The second kappa shape index (κ2) is 9.74. The zero-order valence-corrected chi connectivity index (χ0v) is 13.4. The highest BCUT2D eigenvalue weighted by atomic mass is 32.2. The van der Waals surface area contributed by atoms with E-state index in [2.05, 4.69) is 32.6 Å². The average molecular weight is 292 g/mol. The van der Waals surface area contributed by atoms with Crippen molar-refractivity contribution in [2.75, 3.05) is 19.0 Å². The van der Waals surface area contributed by atoms with Crippen molar-refractivity contribution in [1.29, 1.82) is 0 Å². The molecule has 1 atom stereocenters. The highest BCUT2D eigenvalue weighted by Gasteiger charge is 2.06. The van der Waals surface area contributed by atoms with Crippen LogP contribution in [0.1, 0.15) is 32.8 Å². The van der Waals surface area contributed by atoms with Gasteiger partial charge < -0.3 is 9.84 Å². The van der Waals surface area contributed by atoms with E-state index in [1.807, 2.05) is 36.0 Å². The monoisotopic (exact) mass is 292 g/mol. The first kappa shape index (κ1) is 16.9. The third-order valence-corrected chi connectivity index (χ3v) is 4.47. The van der Waals surface area contributed by atoms with Gasteiger partial charge in [-0.3, -0.25) is 0 Å². The Labute approximate surface area is 126 Å². The minimum Gasteiger partial charge on any atom is -0.493 e. The smallest absolute Gasteiger partial charge is 0.119 e. The van der Waals surface area contributed by atoms with E-state index >= 15 is 0 Å². The Morgan fingerprint density at radius 1 is 1.20 bits per heavy atom. The van der Waals surface area contributed by atoms with Gasteiger partial charge in [-0.2, -0.15) is 11.8 Å². The molecule has 0 saturated heterocycles. The summed E-state index contributed by atoms with van der Waals surface area (Å²) in [6, 6.07) is 7.78. The summed E-state index contributed by atoms with van der Waals surface area (Å²) in [5.74, 6) is 8.50. The summed E-state index contributed by atoms with van der Waals surface area (Å²) < 4.78 is 5.71. The van der Waals surface area contributed by atoms with Gasteiger partial charge in [-0.25, -0.2) is 0 Å². The summed E-state index contributed by atoms with van der Waals surface area (Å²) >= 11 is 1.95. The third-order valence-electron chi connectivity index (χ3n) is 3.00. The quantitative estimate of drug-likeness (QED) is 0.615. The van der Waals surface area contributed by atoms with E-state index in [4.69, 9.17) is 9.84 Å². The molecule has 0 radical (unpaired) electrons. The van der Waals surface area contributed by atoms with Gasteiger partial charge in [0.25, 0.3) is 0 Å². The van der Waals surface area contributed by atoms with Crippen LogP contribution in [-0.2, 0) is 0 Å². The molecule has 3 heteroatoms. The summed E-state index contributed by atoms with van der Waals surface area (Å²) in [6.07, 6.45) is 0.517. The number of benzene rings is 1. The highest BCUT2D eigenvalue weighted by Crippen LogP contribution is 2.19. The molecule has 1 N–H and O–H groups in total. The van der Waals surface area contributed by atoms with Gasteiger partial charge in [-0.15, -0.1) is 0 Å². The third kappa shape index (κ3) is 6.88. The van der Waals surface area contributed by atoms with Gasteiger partial charge in [0, 0.05) is 23.0 Å². The van der Waals surface area contributed by atoms with Crippen molar-refractivity contribution in [3.63, 3.8) is 0 Å². The number of hydrogen-bond acceptors (Lipinski definition) is 3. The number of aliphatic hydroxyl groups is 1. The second-order valence-corrected chi connectivity index (χ2v) is 6.45. The molecule has 0 aliphatic carbocycles.